The van der Waals surface area contributed by atoms with Gasteiger partial charge in [-0.1, -0.05) is 48.5 Å². The Hall–Kier alpha value is -2.96. The zero-order valence-electron chi connectivity index (χ0n) is 18.1. The van der Waals surface area contributed by atoms with Crippen LogP contribution < -0.4 is 10.0 Å². The monoisotopic (exact) mass is 436 g/mol. The van der Waals surface area contributed by atoms with Gasteiger partial charge in [0.1, 0.15) is 0 Å². The summed E-state index contributed by atoms with van der Waals surface area (Å²) < 4.78 is 28.1. The fourth-order valence-corrected chi connectivity index (χ4v) is 4.71. The van der Waals surface area contributed by atoms with E-state index in [0.717, 1.165) is 27.9 Å². The Balaban J connectivity index is 1.57. The van der Waals surface area contributed by atoms with Crippen molar-refractivity contribution in [2.75, 3.05) is 5.32 Å². The maximum absolute atomic E-state index is 12.7. The van der Waals surface area contributed by atoms with Crippen molar-refractivity contribution in [2.45, 2.75) is 44.6 Å². The van der Waals surface area contributed by atoms with E-state index in [4.69, 9.17) is 0 Å². The molecule has 0 unspecified atom stereocenters. The Morgan fingerprint density at radius 2 is 1.52 bits per heavy atom. The zero-order chi connectivity index (χ0) is 22.4. The van der Waals surface area contributed by atoms with Crippen molar-refractivity contribution >= 4 is 21.6 Å². The maximum atomic E-state index is 12.7. The molecule has 0 aliphatic heterocycles. The molecule has 2 N–H and O–H groups in total. The van der Waals surface area contributed by atoms with Crippen molar-refractivity contribution in [1.29, 1.82) is 0 Å². The number of carbonyl (C=O) groups is 1. The van der Waals surface area contributed by atoms with Crippen molar-refractivity contribution < 1.29 is 13.2 Å². The van der Waals surface area contributed by atoms with E-state index < -0.39 is 10.0 Å². The Labute approximate surface area is 184 Å². The fraction of sp³-hybridized carbons (Fsp3) is 0.240. The summed E-state index contributed by atoms with van der Waals surface area (Å²) in [6.45, 7) is 5.80. The molecule has 6 heteroatoms. The topological polar surface area (TPSA) is 75.3 Å². The second-order valence-corrected chi connectivity index (χ2v) is 9.54. The summed E-state index contributed by atoms with van der Waals surface area (Å²) in [6, 6.07) is 21.7. The van der Waals surface area contributed by atoms with Crippen LogP contribution in [0.1, 0.15) is 41.6 Å². The van der Waals surface area contributed by atoms with Crippen molar-refractivity contribution in [3.8, 4) is 0 Å². The smallest absolute Gasteiger partial charge is 0.241 e. The van der Waals surface area contributed by atoms with Gasteiger partial charge in [0, 0.05) is 18.2 Å². The summed E-state index contributed by atoms with van der Waals surface area (Å²) in [5.74, 6) is -0.0694. The third-order valence-electron chi connectivity index (χ3n) is 5.01. The van der Waals surface area contributed by atoms with Crippen molar-refractivity contribution in [2.24, 2.45) is 0 Å². The fourth-order valence-electron chi connectivity index (χ4n) is 3.47. The number of anilines is 1. The molecule has 162 valence electrons. The number of sulfonamides is 1. The first-order chi connectivity index (χ1) is 14.7. The van der Waals surface area contributed by atoms with Gasteiger partial charge in [-0.25, -0.2) is 13.1 Å². The standard InChI is InChI=1S/C25H28N2O3S/c1-18-15-19(2)17-23(16-18)26-25(28)14-11-21-9-12-24(13-10-21)31(29,30)27-20(3)22-7-5-4-6-8-22/h4-10,12-13,15-17,20,27H,11,14H2,1-3H3,(H,26,28)/t20-/m0/s1. The van der Waals surface area contributed by atoms with Gasteiger partial charge in [0.15, 0.2) is 0 Å². The lowest BCUT2D eigenvalue weighted by Gasteiger charge is -2.15. The minimum atomic E-state index is -3.63. The van der Waals surface area contributed by atoms with Crippen LogP contribution in [0.25, 0.3) is 0 Å². The van der Waals surface area contributed by atoms with Crippen LogP contribution in [0.15, 0.2) is 77.7 Å². The van der Waals surface area contributed by atoms with Crippen LogP contribution in [-0.4, -0.2) is 14.3 Å². The molecule has 0 radical (unpaired) electrons. The van der Waals surface area contributed by atoms with E-state index in [0.29, 0.717) is 12.8 Å². The van der Waals surface area contributed by atoms with Crippen LogP contribution in [0.4, 0.5) is 5.69 Å². The molecule has 3 rings (SSSR count). The minimum absolute atomic E-state index is 0.0694. The predicted molar refractivity (Wildman–Crippen MR) is 124 cm³/mol. The summed E-state index contributed by atoms with van der Waals surface area (Å²) >= 11 is 0. The number of rotatable bonds is 8. The number of carbonyl (C=O) groups excluding carboxylic acids is 1. The van der Waals surface area contributed by atoms with Crippen LogP contribution in [0.5, 0.6) is 0 Å². The molecule has 3 aromatic rings. The summed E-state index contributed by atoms with van der Waals surface area (Å²) in [4.78, 5) is 12.5. The molecule has 0 saturated carbocycles. The summed E-state index contributed by atoms with van der Waals surface area (Å²) in [5.41, 5.74) is 4.80. The van der Waals surface area contributed by atoms with Gasteiger partial charge in [-0.3, -0.25) is 4.79 Å². The normalized spacial score (nSPS) is 12.4. The summed E-state index contributed by atoms with van der Waals surface area (Å²) in [6.07, 6.45) is 0.854. The van der Waals surface area contributed by atoms with Crippen LogP contribution >= 0.6 is 0 Å². The second kappa shape index (κ2) is 9.90. The lowest BCUT2D eigenvalue weighted by molar-refractivity contribution is -0.116. The summed E-state index contributed by atoms with van der Waals surface area (Å²) in [5, 5.41) is 2.92. The molecule has 5 nitrogen and oxygen atoms in total. The summed E-state index contributed by atoms with van der Waals surface area (Å²) in [7, 11) is -3.63. The lowest BCUT2D eigenvalue weighted by atomic mass is 10.1. The molecule has 3 aromatic carbocycles. The van der Waals surface area contributed by atoms with Gasteiger partial charge >= 0.3 is 0 Å². The average molecular weight is 437 g/mol. The minimum Gasteiger partial charge on any atom is -0.326 e. The van der Waals surface area contributed by atoms with Crippen molar-refractivity contribution in [1.82, 2.24) is 4.72 Å². The number of hydrogen-bond acceptors (Lipinski definition) is 3. The van der Waals surface area contributed by atoms with Gasteiger partial charge in [0.25, 0.3) is 0 Å². The van der Waals surface area contributed by atoms with Gasteiger partial charge in [-0.15, -0.1) is 0 Å². The van der Waals surface area contributed by atoms with Gasteiger partial charge in [-0.05, 0) is 73.7 Å². The zero-order valence-corrected chi connectivity index (χ0v) is 18.9. The van der Waals surface area contributed by atoms with Crippen LogP contribution in [0.2, 0.25) is 0 Å². The third-order valence-corrected chi connectivity index (χ3v) is 6.57. The third kappa shape index (κ3) is 6.51. The highest BCUT2D eigenvalue weighted by atomic mass is 32.2. The SMILES string of the molecule is Cc1cc(C)cc(NC(=O)CCc2ccc(S(=O)(=O)N[C@@H](C)c3ccccc3)cc2)c1. The number of amides is 1. The van der Waals surface area contributed by atoms with E-state index in [1.165, 1.54) is 0 Å². The number of benzene rings is 3. The Morgan fingerprint density at radius 1 is 0.903 bits per heavy atom. The van der Waals surface area contributed by atoms with Crippen LogP contribution in [0, 0.1) is 13.8 Å². The van der Waals surface area contributed by atoms with E-state index in [1.54, 1.807) is 24.3 Å². The second-order valence-electron chi connectivity index (χ2n) is 7.82. The molecule has 1 atom stereocenters. The lowest BCUT2D eigenvalue weighted by Crippen LogP contribution is -2.26. The first kappa shape index (κ1) is 22.7. The highest BCUT2D eigenvalue weighted by molar-refractivity contribution is 7.89. The van der Waals surface area contributed by atoms with E-state index in [2.05, 4.69) is 16.1 Å². The molecule has 0 aromatic heterocycles. The van der Waals surface area contributed by atoms with Gasteiger partial charge in [0.2, 0.25) is 15.9 Å². The maximum Gasteiger partial charge on any atom is 0.241 e. The number of nitrogens with one attached hydrogen (secondary N) is 2. The van der Waals surface area contributed by atoms with Crippen LogP contribution in [-0.2, 0) is 21.2 Å². The Bertz CT molecular complexity index is 1120. The van der Waals surface area contributed by atoms with E-state index in [9.17, 15) is 13.2 Å². The molecule has 1 amide bonds. The van der Waals surface area contributed by atoms with Gasteiger partial charge in [0.05, 0.1) is 4.90 Å². The molecule has 0 aliphatic carbocycles. The van der Waals surface area contributed by atoms with Crippen molar-refractivity contribution in [3.63, 3.8) is 0 Å². The van der Waals surface area contributed by atoms with Gasteiger partial charge in [-0.2, -0.15) is 0 Å². The molecule has 0 heterocycles. The Morgan fingerprint density at radius 3 is 2.13 bits per heavy atom. The molecule has 31 heavy (non-hydrogen) atoms. The Kier molecular flexibility index (Phi) is 7.25. The highest BCUT2D eigenvalue weighted by Gasteiger charge is 2.18. The molecular formula is C25H28N2O3S. The van der Waals surface area contributed by atoms with E-state index >= 15 is 0 Å². The van der Waals surface area contributed by atoms with Crippen molar-refractivity contribution in [3.05, 3.63) is 95.1 Å². The van der Waals surface area contributed by atoms with E-state index in [-0.39, 0.29) is 16.8 Å². The molecule has 0 bridgehead atoms. The number of hydrogen-bond donors (Lipinski definition) is 2. The predicted octanol–water partition coefficient (Wildman–Crippen LogP) is 4.91. The first-order valence-corrected chi connectivity index (χ1v) is 11.8. The first-order valence-electron chi connectivity index (χ1n) is 10.3. The molecule has 0 spiro atoms. The van der Waals surface area contributed by atoms with Gasteiger partial charge < -0.3 is 5.32 Å². The molecule has 0 saturated heterocycles. The molecule has 0 aliphatic rings. The molecule has 0 fully saturated rings. The number of aryl methyl sites for hydroxylation is 3. The quantitative estimate of drug-likeness (QED) is 0.527. The molecular weight excluding hydrogens is 408 g/mol. The van der Waals surface area contributed by atoms with E-state index in [1.807, 2.05) is 63.2 Å². The average Bonchev–Trinajstić information content (AvgIpc) is 2.72. The van der Waals surface area contributed by atoms with Crippen LogP contribution in [0.3, 0.4) is 0 Å². The highest BCUT2D eigenvalue weighted by Crippen LogP contribution is 2.18. The largest absolute Gasteiger partial charge is 0.326 e.